The van der Waals surface area contributed by atoms with Crippen LogP contribution >= 0.6 is 12.2 Å². The van der Waals surface area contributed by atoms with Gasteiger partial charge in [-0.15, -0.1) is 0 Å². The topological polar surface area (TPSA) is 139 Å². The predicted molar refractivity (Wildman–Crippen MR) is 130 cm³/mol. The van der Waals surface area contributed by atoms with Crippen LogP contribution in [-0.4, -0.2) is 49.8 Å². The zero-order chi connectivity index (χ0) is 24.2. The molecule has 0 aromatic heterocycles. The Labute approximate surface area is 195 Å². The van der Waals surface area contributed by atoms with E-state index in [1.807, 2.05) is 0 Å². The molecule has 176 valence electrons. The number of amides is 1. The lowest BCUT2D eigenvalue weighted by Gasteiger charge is -2.11. The van der Waals surface area contributed by atoms with Crippen molar-refractivity contribution in [3.05, 3.63) is 53.6 Å². The summed E-state index contributed by atoms with van der Waals surface area (Å²) >= 11 is 4.83. The number of nitrogen functional groups attached to an aromatic ring is 1. The SMILES string of the molecule is COC(=S)NCC(C=Nc1cc(F)c(NCCNC(=O)Cc2cccc(N)c2)c(F)c1)=NN. The molecule has 0 bridgehead atoms. The van der Waals surface area contributed by atoms with E-state index in [1.165, 1.54) is 13.3 Å². The highest BCUT2D eigenvalue weighted by atomic mass is 32.1. The molecule has 0 spiro atoms. The van der Waals surface area contributed by atoms with Crippen molar-refractivity contribution < 1.29 is 18.3 Å². The number of halogens is 2. The van der Waals surface area contributed by atoms with Crippen LogP contribution in [0.4, 0.5) is 25.8 Å². The first kappa shape index (κ1) is 25.5. The Bertz CT molecular complexity index is 1020. The first-order valence-electron chi connectivity index (χ1n) is 9.79. The Kier molecular flexibility index (Phi) is 9.96. The van der Waals surface area contributed by atoms with Crippen LogP contribution < -0.4 is 27.5 Å². The molecular formula is C21H25F2N7O2S. The van der Waals surface area contributed by atoms with E-state index in [0.29, 0.717) is 5.69 Å². The van der Waals surface area contributed by atoms with Crippen LogP contribution in [-0.2, 0) is 16.0 Å². The maximum Gasteiger partial charge on any atom is 0.256 e. The van der Waals surface area contributed by atoms with E-state index in [1.54, 1.807) is 24.3 Å². The lowest BCUT2D eigenvalue weighted by atomic mass is 10.1. The number of anilines is 2. The van der Waals surface area contributed by atoms with Crippen molar-refractivity contribution >= 4 is 52.3 Å². The Balaban J connectivity index is 1.86. The van der Waals surface area contributed by atoms with E-state index >= 15 is 0 Å². The lowest BCUT2D eigenvalue weighted by molar-refractivity contribution is -0.120. The van der Waals surface area contributed by atoms with Crippen molar-refractivity contribution in [1.29, 1.82) is 0 Å². The summed E-state index contributed by atoms with van der Waals surface area (Å²) in [5.74, 6) is 3.37. The molecule has 12 heteroatoms. The quantitative estimate of drug-likeness (QED) is 0.0879. The number of hydrogen-bond acceptors (Lipinski definition) is 8. The van der Waals surface area contributed by atoms with Gasteiger partial charge in [0, 0.05) is 30.9 Å². The largest absolute Gasteiger partial charge is 0.474 e. The zero-order valence-corrected chi connectivity index (χ0v) is 18.7. The number of nitrogens with zero attached hydrogens (tertiary/aromatic N) is 2. The zero-order valence-electron chi connectivity index (χ0n) is 17.9. The van der Waals surface area contributed by atoms with Crippen molar-refractivity contribution in [3.8, 4) is 0 Å². The number of rotatable bonds is 10. The van der Waals surface area contributed by atoms with Gasteiger partial charge >= 0.3 is 0 Å². The number of ether oxygens (including phenoxy) is 1. The molecule has 0 saturated heterocycles. The Morgan fingerprint density at radius 1 is 1.18 bits per heavy atom. The number of hydrogen-bond donors (Lipinski definition) is 5. The summed E-state index contributed by atoms with van der Waals surface area (Å²) in [6.45, 7) is 0.418. The summed E-state index contributed by atoms with van der Waals surface area (Å²) < 4.78 is 33.5. The number of carbonyl (C=O) groups excluding carboxylic acids is 1. The van der Waals surface area contributed by atoms with E-state index < -0.39 is 11.6 Å². The van der Waals surface area contributed by atoms with Gasteiger partial charge in [-0.05, 0) is 29.9 Å². The number of carbonyl (C=O) groups is 1. The van der Waals surface area contributed by atoms with Gasteiger partial charge in [0.1, 0.15) is 5.69 Å². The first-order chi connectivity index (χ1) is 15.8. The normalized spacial score (nSPS) is 11.3. The van der Waals surface area contributed by atoms with Gasteiger partial charge < -0.3 is 32.3 Å². The molecule has 0 heterocycles. The van der Waals surface area contributed by atoms with E-state index in [0.717, 1.165) is 17.7 Å². The van der Waals surface area contributed by atoms with Crippen LogP contribution in [0.3, 0.4) is 0 Å². The van der Waals surface area contributed by atoms with Crippen LogP contribution in [0.5, 0.6) is 0 Å². The molecule has 0 fully saturated rings. The average Bonchev–Trinajstić information content (AvgIpc) is 2.77. The first-order valence-corrected chi connectivity index (χ1v) is 10.2. The summed E-state index contributed by atoms with van der Waals surface area (Å²) in [4.78, 5) is 16.0. The average molecular weight is 478 g/mol. The van der Waals surface area contributed by atoms with Gasteiger partial charge in [-0.25, -0.2) is 8.78 Å². The number of aliphatic imine (C=N–C) groups is 1. The molecule has 0 saturated carbocycles. The maximum atomic E-state index is 14.4. The fourth-order valence-corrected chi connectivity index (χ4v) is 2.72. The second-order valence-electron chi connectivity index (χ2n) is 6.71. The van der Waals surface area contributed by atoms with Crippen LogP contribution in [0, 0.1) is 11.6 Å². The summed E-state index contributed by atoms with van der Waals surface area (Å²) in [5, 5.41) is 11.7. The molecule has 2 aromatic carbocycles. The van der Waals surface area contributed by atoms with Crippen molar-refractivity contribution in [2.24, 2.45) is 15.9 Å². The summed E-state index contributed by atoms with van der Waals surface area (Å²) in [6.07, 6.45) is 1.41. The molecule has 2 rings (SSSR count). The van der Waals surface area contributed by atoms with Crippen LogP contribution in [0.1, 0.15) is 5.56 Å². The minimum atomic E-state index is -0.835. The van der Waals surface area contributed by atoms with E-state index in [-0.39, 0.29) is 54.2 Å². The summed E-state index contributed by atoms with van der Waals surface area (Å²) in [5.41, 5.74) is 7.02. The number of hydrazone groups is 1. The third-order valence-electron chi connectivity index (χ3n) is 4.22. The van der Waals surface area contributed by atoms with Gasteiger partial charge in [0.25, 0.3) is 5.17 Å². The standard InChI is InChI=1S/C21H25F2N7O2S/c1-32-21(33)29-12-16(30-25)11-28-15-9-17(22)20(18(23)10-15)27-6-5-26-19(31)8-13-3-2-4-14(24)7-13/h2-4,7,9-11,27H,5-6,8,12,24-25H2,1H3,(H,26,31)(H,29,33). The number of nitrogens with one attached hydrogen (secondary N) is 3. The smallest absolute Gasteiger partial charge is 0.256 e. The molecule has 0 radical (unpaired) electrons. The molecule has 7 N–H and O–H groups in total. The fraction of sp³-hybridized carbons (Fsp3) is 0.238. The molecular weight excluding hydrogens is 452 g/mol. The van der Waals surface area contributed by atoms with Gasteiger partial charge in [0.15, 0.2) is 11.6 Å². The van der Waals surface area contributed by atoms with Crippen LogP contribution in [0.2, 0.25) is 0 Å². The summed E-state index contributed by atoms with van der Waals surface area (Å²) in [7, 11) is 1.40. The molecule has 33 heavy (non-hydrogen) atoms. The van der Waals surface area contributed by atoms with Gasteiger partial charge in [0.05, 0.1) is 37.7 Å². The van der Waals surface area contributed by atoms with Crippen molar-refractivity contribution in [2.75, 3.05) is 37.8 Å². The minimum absolute atomic E-state index is 0.0291. The summed E-state index contributed by atoms with van der Waals surface area (Å²) in [6, 6.07) is 9.10. The predicted octanol–water partition coefficient (Wildman–Crippen LogP) is 1.86. The number of thiocarbonyl (C=S) groups is 1. The number of methoxy groups -OCH3 is 1. The van der Waals surface area contributed by atoms with Crippen molar-refractivity contribution in [3.63, 3.8) is 0 Å². The third kappa shape index (κ3) is 8.69. The van der Waals surface area contributed by atoms with E-state index in [2.05, 4.69) is 26.0 Å². The highest BCUT2D eigenvalue weighted by Crippen LogP contribution is 2.24. The van der Waals surface area contributed by atoms with Gasteiger partial charge in [0.2, 0.25) is 5.91 Å². The lowest BCUT2D eigenvalue weighted by Crippen LogP contribution is -2.30. The third-order valence-corrected chi connectivity index (χ3v) is 4.53. The molecule has 0 atom stereocenters. The molecule has 0 aliphatic heterocycles. The Hall–Kier alpha value is -3.80. The molecule has 1 amide bonds. The number of nitrogens with two attached hydrogens (primary N) is 2. The van der Waals surface area contributed by atoms with Crippen LogP contribution in [0.15, 0.2) is 46.5 Å². The van der Waals surface area contributed by atoms with E-state index in [9.17, 15) is 13.6 Å². The molecule has 0 aliphatic rings. The second-order valence-corrected chi connectivity index (χ2v) is 7.08. The minimum Gasteiger partial charge on any atom is -0.474 e. The van der Waals surface area contributed by atoms with Crippen molar-refractivity contribution in [2.45, 2.75) is 6.42 Å². The highest BCUT2D eigenvalue weighted by molar-refractivity contribution is 7.80. The molecule has 9 nitrogen and oxygen atoms in total. The highest BCUT2D eigenvalue weighted by Gasteiger charge is 2.11. The molecule has 2 aromatic rings. The van der Waals surface area contributed by atoms with Crippen LogP contribution in [0.25, 0.3) is 0 Å². The Morgan fingerprint density at radius 3 is 2.55 bits per heavy atom. The van der Waals surface area contributed by atoms with E-state index in [4.69, 9.17) is 28.5 Å². The molecule has 0 aliphatic carbocycles. The van der Waals surface area contributed by atoms with Gasteiger partial charge in [-0.1, -0.05) is 12.1 Å². The van der Waals surface area contributed by atoms with Crippen molar-refractivity contribution in [1.82, 2.24) is 10.6 Å². The maximum absolute atomic E-state index is 14.4. The Morgan fingerprint density at radius 2 is 1.91 bits per heavy atom. The van der Waals surface area contributed by atoms with Gasteiger partial charge in [-0.3, -0.25) is 9.79 Å². The monoisotopic (exact) mass is 477 g/mol. The van der Waals surface area contributed by atoms with Gasteiger partial charge in [-0.2, -0.15) is 5.10 Å². The molecule has 0 unspecified atom stereocenters. The fourth-order valence-electron chi connectivity index (χ4n) is 2.65. The number of benzene rings is 2. The second kappa shape index (κ2) is 12.9.